The van der Waals surface area contributed by atoms with E-state index in [2.05, 4.69) is 40.7 Å². The van der Waals surface area contributed by atoms with Crippen molar-refractivity contribution in [2.24, 2.45) is 0 Å². The number of benzene rings is 1. The fourth-order valence-corrected chi connectivity index (χ4v) is 4.46. The van der Waals surface area contributed by atoms with Gasteiger partial charge in [-0.15, -0.1) is 11.3 Å². The molecule has 1 aliphatic rings. The number of aromatic nitrogens is 2. The van der Waals surface area contributed by atoms with Gasteiger partial charge in [0.2, 0.25) is 0 Å². The first-order valence-corrected chi connectivity index (χ1v) is 10.1. The molecule has 1 fully saturated rings. The molecule has 1 N–H and O–H groups in total. The van der Waals surface area contributed by atoms with Crippen LogP contribution in [-0.4, -0.2) is 44.7 Å². The number of aliphatic hydroxyl groups is 1. The van der Waals surface area contributed by atoms with Gasteiger partial charge in [0.1, 0.15) is 10.7 Å². The number of hydrogen-bond acceptors (Lipinski definition) is 4. The molecular formula is C20H23N3O2S. The van der Waals surface area contributed by atoms with Gasteiger partial charge in [0, 0.05) is 35.9 Å². The molecule has 5 nitrogen and oxygen atoms in total. The Morgan fingerprint density at radius 1 is 1.38 bits per heavy atom. The molecule has 0 saturated carbocycles. The zero-order chi connectivity index (χ0) is 18.1. The van der Waals surface area contributed by atoms with Gasteiger partial charge in [-0.2, -0.15) is 0 Å². The van der Waals surface area contributed by atoms with Crippen LogP contribution in [-0.2, 0) is 6.54 Å². The predicted molar refractivity (Wildman–Crippen MR) is 104 cm³/mol. The maximum absolute atomic E-state index is 12.7. The Kier molecular flexibility index (Phi) is 4.78. The first-order chi connectivity index (χ1) is 12.7. The molecule has 1 unspecified atom stereocenters. The van der Waals surface area contributed by atoms with Crippen molar-refractivity contribution in [1.29, 1.82) is 0 Å². The maximum atomic E-state index is 12.7. The molecule has 0 aliphatic carbocycles. The van der Waals surface area contributed by atoms with E-state index in [9.17, 15) is 9.90 Å². The molecule has 2 aromatic heterocycles. The summed E-state index contributed by atoms with van der Waals surface area (Å²) in [7, 11) is 0. The first-order valence-electron chi connectivity index (χ1n) is 9.19. The number of fused-ring (bicyclic) bond motifs is 1. The van der Waals surface area contributed by atoms with E-state index in [-0.39, 0.29) is 5.91 Å². The number of para-hydroxylation sites is 1. The number of nitrogens with zero attached hydrogens (tertiary/aromatic N) is 3. The molecule has 0 bridgehead atoms. The van der Waals surface area contributed by atoms with Gasteiger partial charge in [-0.3, -0.25) is 4.79 Å². The fourth-order valence-electron chi connectivity index (χ4n) is 3.64. The van der Waals surface area contributed by atoms with E-state index >= 15 is 0 Å². The number of piperidine rings is 1. The number of aryl methyl sites for hydroxylation is 1. The molecule has 1 aliphatic heterocycles. The summed E-state index contributed by atoms with van der Waals surface area (Å²) in [5, 5.41) is 13.7. The van der Waals surface area contributed by atoms with Crippen LogP contribution >= 0.6 is 11.3 Å². The van der Waals surface area contributed by atoms with E-state index in [0.29, 0.717) is 18.8 Å². The van der Waals surface area contributed by atoms with Crippen LogP contribution < -0.4 is 0 Å². The quantitative estimate of drug-likeness (QED) is 0.761. The highest BCUT2D eigenvalue weighted by molar-refractivity contribution is 7.13. The van der Waals surface area contributed by atoms with Gasteiger partial charge in [0.05, 0.1) is 11.8 Å². The summed E-state index contributed by atoms with van der Waals surface area (Å²) in [5.74, 6) is -0.0793. The fraction of sp³-hybridized carbons (Fsp3) is 0.400. The molecular weight excluding hydrogens is 346 g/mol. The Morgan fingerprint density at radius 3 is 3.04 bits per heavy atom. The topological polar surface area (TPSA) is 58.4 Å². The third-order valence-corrected chi connectivity index (χ3v) is 5.75. The lowest BCUT2D eigenvalue weighted by Gasteiger charge is -2.29. The molecule has 1 saturated heterocycles. The lowest BCUT2D eigenvalue weighted by Crippen LogP contribution is -2.42. The summed E-state index contributed by atoms with van der Waals surface area (Å²) in [4.78, 5) is 19.1. The second kappa shape index (κ2) is 7.21. The first kappa shape index (κ1) is 17.2. The summed E-state index contributed by atoms with van der Waals surface area (Å²) < 4.78 is 2.28. The van der Waals surface area contributed by atoms with Crippen LogP contribution in [0.5, 0.6) is 0 Å². The van der Waals surface area contributed by atoms with Crippen LogP contribution in [0, 0.1) is 0 Å². The minimum atomic E-state index is -0.419. The number of likely N-dealkylation sites (tertiary alicyclic amines) is 1. The van der Waals surface area contributed by atoms with Crippen molar-refractivity contribution in [1.82, 2.24) is 14.5 Å². The van der Waals surface area contributed by atoms with Crippen molar-refractivity contribution in [3.8, 4) is 10.7 Å². The van der Waals surface area contributed by atoms with Gasteiger partial charge < -0.3 is 14.6 Å². The number of aliphatic hydroxyl groups excluding tert-OH is 1. The Morgan fingerprint density at radius 2 is 2.23 bits per heavy atom. The lowest BCUT2D eigenvalue weighted by atomic mass is 10.1. The number of thiazole rings is 1. The van der Waals surface area contributed by atoms with Crippen molar-refractivity contribution < 1.29 is 9.90 Å². The Balaban J connectivity index is 1.67. The van der Waals surface area contributed by atoms with Crippen molar-refractivity contribution in [2.45, 2.75) is 38.8 Å². The molecule has 0 radical (unpaired) electrons. The van der Waals surface area contributed by atoms with Crippen molar-refractivity contribution in [3.63, 3.8) is 0 Å². The standard InChI is InChI=1S/C20H23N3O2S/c1-2-9-23-17-8-4-3-6-14(17)11-18(23)19-21-16(13-26-19)20(25)22-10-5-7-15(24)12-22/h3-4,6,8,11,13,15,24H,2,5,7,9-10,12H2,1H3. The van der Waals surface area contributed by atoms with E-state index in [4.69, 9.17) is 0 Å². The number of β-amino-alcohol motifs (C(OH)–C–C–N with tert-alkyl or cyclic N) is 1. The molecule has 1 amide bonds. The Hall–Kier alpha value is -2.18. The number of carbonyl (C=O) groups is 1. The average molecular weight is 369 g/mol. The van der Waals surface area contributed by atoms with E-state index in [1.807, 2.05) is 11.4 Å². The van der Waals surface area contributed by atoms with E-state index in [1.54, 1.807) is 4.90 Å². The summed E-state index contributed by atoms with van der Waals surface area (Å²) in [6.07, 6.45) is 2.23. The molecule has 4 rings (SSSR count). The number of hydrogen-bond donors (Lipinski definition) is 1. The summed E-state index contributed by atoms with van der Waals surface area (Å²) in [6.45, 7) is 4.18. The molecule has 136 valence electrons. The van der Waals surface area contributed by atoms with Gasteiger partial charge >= 0.3 is 0 Å². The molecule has 26 heavy (non-hydrogen) atoms. The van der Waals surface area contributed by atoms with Crippen LogP contribution in [0.25, 0.3) is 21.6 Å². The smallest absolute Gasteiger partial charge is 0.273 e. The zero-order valence-electron chi connectivity index (χ0n) is 14.9. The summed E-state index contributed by atoms with van der Waals surface area (Å²) in [5.41, 5.74) is 2.75. The van der Waals surface area contributed by atoms with Crippen LogP contribution in [0.1, 0.15) is 36.7 Å². The van der Waals surface area contributed by atoms with Gasteiger partial charge in [0.25, 0.3) is 5.91 Å². The third kappa shape index (κ3) is 3.15. The normalized spacial score (nSPS) is 17.8. The minimum absolute atomic E-state index is 0.0793. The highest BCUT2D eigenvalue weighted by Gasteiger charge is 2.25. The SMILES string of the molecule is CCCn1c(-c2nc(C(=O)N3CCCC(O)C3)cs2)cc2ccccc21. The van der Waals surface area contributed by atoms with Crippen LogP contribution in [0.2, 0.25) is 0 Å². The van der Waals surface area contributed by atoms with Crippen LogP contribution in [0.15, 0.2) is 35.7 Å². The second-order valence-electron chi connectivity index (χ2n) is 6.83. The lowest BCUT2D eigenvalue weighted by molar-refractivity contribution is 0.0469. The van der Waals surface area contributed by atoms with Crippen molar-refractivity contribution in [2.75, 3.05) is 13.1 Å². The van der Waals surface area contributed by atoms with Gasteiger partial charge in [0.15, 0.2) is 0 Å². The van der Waals surface area contributed by atoms with Crippen molar-refractivity contribution in [3.05, 3.63) is 41.4 Å². The zero-order valence-corrected chi connectivity index (χ0v) is 15.7. The van der Waals surface area contributed by atoms with E-state index < -0.39 is 6.10 Å². The molecule has 1 aromatic carbocycles. The predicted octanol–water partition coefficient (Wildman–Crippen LogP) is 3.77. The van der Waals surface area contributed by atoms with Gasteiger partial charge in [-0.05, 0) is 31.4 Å². The highest BCUT2D eigenvalue weighted by atomic mass is 32.1. The minimum Gasteiger partial charge on any atom is -0.391 e. The summed E-state index contributed by atoms with van der Waals surface area (Å²) in [6, 6.07) is 10.5. The second-order valence-corrected chi connectivity index (χ2v) is 7.68. The number of amides is 1. The van der Waals surface area contributed by atoms with Crippen molar-refractivity contribution >= 4 is 28.1 Å². The van der Waals surface area contributed by atoms with E-state index in [0.717, 1.165) is 36.5 Å². The van der Waals surface area contributed by atoms with Gasteiger partial charge in [-0.25, -0.2) is 4.98 Å². The number of rotatable bonds is 4. The molecule has 3 aromatic rings. The molecule has 6 heteroatoms. The highest BCUT2D eigenvalue weighted by Crippen LogP contribution is 2.31. The van der Waals surface area contributed by atoms with Crippen LogP contribution in [0.3, 0.4) is 0 Å². The maximum Gasteiger partial charge on any atom is 0.273 e. The van der Waals surface area contributed by atoms with Gasteiger partial charge in [-0.1, -0.05) is 25.1 Å². The molecule has 0 spiro atoms. The largest absolute Gasteiger partial charge is 0.391 e. The van der Waals surface area contributed by atoms with Crippen LogP contribution in [0.4, 0.5) is 0 Å². The Bertz CT molecular complexity index is 930. The average Bonchev–Trinajstić information content (AvgIpc) is 3.27. The molecule has 1 atom stereocenters. The monoisotopic (exact) mass is 369 g/mol. The summed E-state index contributed by atoms with van der Waals surface area (Å²) >= 11 is 1.51. The number of carbonyl (C=O) groups excluding carboxylic acids is 1. The molecule has 3 heterocycles. The van der Waals surface area contributed by atoms with E-state index in [1.165, 1.54) is 22.2 Å². The Labute approximate surface area is 156 Å². The third-order valence-electron chi connectivity index (χ3n) is 4.88.